The quantitative estimate of drug-likeness (QED) is 0.557. The topological polar surface area (TPSA) is 79.5 Å². The van der Waals surface area contributed by atoms with Crippen LogP contribution in [-0.2, 0) is 6.54 Å². The van der Waals surface area contributed by atoms with Crippen molar-refractivity contribution in [2.24, 2.45) is 10.7 Å². The molecule has 4 N–H and O–H groups in total. The third kappa shape index (κ3) is 5.95. The van der Waals surface area contributed by atoms with Gasteiger partial charge in [0.25, 0.3) is 5.91 Å². The number of hydrogen-bond acceptors (Lipinski definition) is 2. The summed E-state index contributed by atoms with van der Waals surface area (Å²) in [5, 5.41) is 6.03. The predicted molar refractivity (Wildman–Crippen MR) is 104 cm³/mol. The predicted octanol–water partition coefficient (Wildman–Crippen LogP) is 3.45. The van der Waals surface area contributed by atoms with Gasteiger partial charge < -0.3 is 16.4 Å². The number of nitrogens with two attached hydrogens (primary N) is 1. The fraction of sp³-hybridized carbons (Fsp3) is 0.300. The second-order valence-electron chi connectivity index (χ2n) is 6.18. The van der Waals surface area contributed by atoms with Crippen LogP contribution in [0.2, 0.25) is 0 Å². The lowest BCUT2D eigenvalue weighted by atomic mass is 10.1. The lowest BCUT2D eigenvalue weighted by Crippen LogP contribution is -2.31. The van der Waals surface area contributed by atoms with Crippen LogP contribution >= 0.6 is 0 Å². The molecular weight excluding hydrogens is 312 g/mol. The minimum Gasteiger partial charge on any atom is -0.370 e. The number of guanidine groups is 1. The van der Waals surface area contributed by atoms with Gasteiger partial charge in [-0.2, -0.15) is 0 Å². The highest BCUT2D eigenvalue weighted by atomic mass is 16.1. The average Bonchev–Trinajstić information content (AvgIpc) is 2.60. The van der Waals surface area contributed by atoms with Crippen molar-refractivity contribution in [1.82, 2.24) is 5.32 Å². The molecule has 1 amide bonds. The van der Waals surface area contributed by atoms with Crippen LogP contribution in [0, 0.1) is 6.92 Å². The number of anilines is 1. The zero-order valence-corrected chi connectivity index (χ0v) is 15.0. The molecule has 0 radical (unpaired) electrons. The van der Waals surface area contributed by atoms with Crippen molar-refractivity contribution >= 4 is 17.6 Å². The van der Waals surface area contributed by atoms with Gasteiger partial charge in [0.05, 0.1) is 6.54 Å². The maximum atomic E-state index is 12.1. The molecule has 5 heteroatoms. The smallest absolute Gasteiger partial charge is 0.251 e. The summed E-state index contributed by atoms with van der Waals surface area (Å²) in [4.78, 5) is 16.4. The highest BCUT2D eigenvalue weighted by molar-refractivity contribution is 5.94. The number of carbonyl (C=O) groups is 1. The molecule has 132 valence electrons. The average molecular weight is 338 g/mol. The Bertz CT molecular complexity index is 738. The zero-order chi connectivity index (χ0) is 18.2. The summed E-state index contributed by atoms with van der Waals surface area (Å²) in [6.45, 7) is 6.52. The van der Waals surface area contributed by atoms with Gasteiger partial charge in [0.15, 0.2) is 5.96 Å². The first-order valence-corrected chi connectivity index (χ1v) is 8.51. The van der Waals surface area contributed by atoms with Crippen LogP contribution in [0.3, 0.4) is 0 Å². The molecule has 0 saturated carbocycles. The van der Waals surface area contributed by atoms with Crippen LogP contribution in [-0.4, -0.2) is 17.9 Å². The first-order valence-electron chi connectivity index (χ1n) is 8.51. The number of amides is 1. The number of hydrogen-bond donors (Lipinski definition) is 3. The normalized spacial score (nSPS) is 12.5. The Kier molecular flexibility index (Phi) is 6.57. The maximum Gasteiger partial charge on any atom is 0.251 e. The summed E-state index contributed by atoms with van der Waals surface area (Å²) in [6.07, 6.45) is 0.908. The van der Waals surface area contributed by atoms with Crippen molar-refractivity contribution in [1.29, 1.82) is 0 Å². The van der Waals surface area contributed by atoms with E-state index < -0.39 is 0 Å². The third-order valence-corrected chi connectivity index (χ3v) is 3.93. The Balaban J connectivity index is 1.93. The number of aryl methyl sites for hydroxylation is 1. The first kappa shape index (κ1) is 18.5. The monoisotopic (exact) mass is 338 g/mol. The highest BCUT2D eigenvalue weighted by Gasteiger charge is 2.08. The highest BCUT2D eigenvalue weighted by Crippen LogP contribution is 2.10. The fourth-order valence-corrected chi connectivity index (χ4v) is 2.26. The molecular formula is C20H26N4O. The molecule has 0 aliphatic heterocycles. The number of rotatable bonds is 6. The summed E-state index contributed by atoms with van der Waals surface area (Å²) in [7, 11) is 0. The van der Waals surface area contributed by atoms with Gasteiger partial charge in [-0.05, 0) is 55.7 Å². The molecule has 0 bridgehead atoms. The minimum absolute atomic E-state index is 0.0509. The van der Waals surface area contributed by atoms with Crippen LogP contribution < -0.4 is 16.4 Å². The van der Waals surface area contributed by atoms with Gasteiger partial charge in [-0.15, -0.1) is 0 Å². The van der Waals surface area contributed by atoms with Crippen molar-refractivity contribution in [3.63, 3.8) is 0 Å². The summed E-state index contributed by atoms with van der Waals surface area (Å²) in [6, 6.07) is 15.5. The van der Waals surface area contributed by atoms with Crippen molar-refractivity contribution in [3.05, 3.63) is 65.2 Å². The largest absolute Gasteiger partial charge is 0.370 e. The molecule has 5 nitrogen and oxygen atoms in total. The molecule has 0 aliphatic rings. The molecule has 2 aromatic carbocycles. The van der Waals surface area contributed by atoms with E-state index >= 15 is 0 Å². The molecule has 0 fully saturated rings. The van der Waals surface area contributed by atoms with Crippen molar-refractivity contribution in [3.8, 4) is 0 Å². The van der Waals surface area contributed by atoms with Crippen molar-refractivity contribution in [2.45, 2.75) is 39.8 Å². The van der Waals surface area contributed by atoms with E-state index in [1.807, 2.05) is 69.3 Å². The van der Waals surface area contributed by atoms with Crippen LogP contribution in [0.1, 0.15) is 41.8 Å². The number of benzene rings is 2. The molecule has 0 aromatic heterocycles. The molecule has 0 aliphatic carbocycles. The Morgan fingerprint density at radius 1 is 1.20 bits per heavy atom. The SMILES string of the molecule is CCC(C)NC(=O)c1ccc(CN=C(N)Nc2cccc(C)c2)cc1. The molecule has 0 heterocycles. The van der Waals surface area contributed by atoms with E-state index in [2.05, 4.69) is 15.6 Å². The molecule has 0 saturated heterocycles. The molecule has 2 aromatic rings. The molecule has 1 unspecified atom stereocenters. The zero-order valence-electron chi connectivity index (χ0n) is 15.0. The first-order chi connectivity index (χ1) is 12.0. The molecule has 2 rings (SSSR count). The lowest BCUT2D eigenvalue weighted by Gasteiger charge is -2.11. The molecule has 0 spiro atoms. The van der Waals surface area contributed by atoms with E-state index in [4.69, 9.17) is 5.73 Å². The molecule has 1 atom stereocenters. The maximum absolute atomic E-state index is 12.1. The standard InChI is InChI=1S/C20H26N4O/c1-4-15(3)23-19(25)17-10-8-16(9-11-17)13-22-20(21)24-18-7-5-6-14(2)12-18/h5-12,15H,4,13H2,1-3H3,(H,23,25)(H3,21,22,24). The molecule has 25 heavy (non-hydrogen) atoms. The van der Waals surface area contributed by atoms with Gasteiger partial charge in [0.2, 0.25) is 0 Å². The second-order valence-corrected chi connectivity index (χ2v) is 6.18. The Morgan fingerprint density at radius 3 is 2.56 bits per heavy atom. The summed E-state index contributed by atoms with van der Waals surface area (Å²) >= 11 is 0. The van der Waals surface area contributed by atoms with Crippen LogP contribution in [0.5, 0.6) is 0 Å². The fourth-order valence-electron chi connectivity index (χ4n) is 2.26. The van der Waals surface area contributed by atoms with E-state index in [1.165, 1.54) is 0 Å². The number of carbonyl (C=O) groups excluding carboxylic acids is 1. The van der Waals surface area contributed by atoms with Gasteiger partial charge in [0.1, 0.15) is 0 Å². The Labute approximate surface area is 149 Å². The number of aliphatic imine (C=N–C) groups is 1. The van der Waals surface area contributed by atoms with E-state index in [0.29, 0.717) is 18.1 Å². The van der Waals surface area contributed by atoms with E-state index in [-0.39, 0.29) is 11.9 Å². The van der Waals surface area contributed by atoms with Gasteiger partial charge in [-0.1, -0.05) is 31.2 Å². The number of nitrogens with zero attached hydrogens (tertiary/aromatic N) is 1. The Hall–Kier alpha value is -2.82. The summed E-state index contributed by atoms with van der Waals surface area (Å²) < 4.78 is 0. The van der Waals surface area contributed by atoms with Gasteiger partial charge in [-0.3, -0.25) is 4.79 Å². The lowest BCUT2D eigenvalue weighted by molar-refractivity contribution is 0.0939. The summed E-state index contributed by atoms with van der Waals surface area (Å²) in [5.74, 6) is 0.314. The van der Waals surface area contributed by atoms with E-state index in [1.54, 1.807) is 0 Å². The summed E-state index contributed by atoms with van der Waals surface area (Å²) in [5.41, 5.74) is 9.64. The minimum atomic E-state index is -0.0509. The second kappa shape index (κ2) is 8.87. The number of nitrogens with one attached hydrogen (secondary N) is 2. The van der Waals surface area contributed by atoms with Crippen LogP contribution in [0.25, 0.3) is 0 Å². The van der Waals surface area contributed by atoms with Crippen LogP contribution in [0.4, 0.5) is 5.69 Å². The van der Waals surface area contributed by atoms with Crippen molar-refractivity contribution < 1.29 is 4.79 Å². The van der Waals surface area contributed by atoms with Gasteiger partial charge >= 0.3 is 0 Å². The van der Waals surface area contributed by atoms with E-state index in [0.717, 1.165) is 23.2 Å². The van der Waals surface area contributed by atoms with Gasteiger partial charge in [0, 0.05) is 17.3 Å². The van der Waals surface area contributed by atoms with Crippen molar-refractivity contribution in [2.75, 3.05) is 5.32 Å². The van der Waals surface area contributed by atoms with E-state index in [9.17, 15) is 4.79 Å². The third-order valence-electron chi connectivity index (χ3n) is 3.93. The Morgan fingerprint density at radius 2 is 1.92 bits per heavy atom. The van der Waals surface area contributed by atoms with Gasteiger partial charge in [-0.25, -0.2) is 4.99 Å². The van der Waals surface area contributed by atoms with Crippen LogP contribution in [0.15, 0.2) is 53.5 Å².